The topological polar surface area (TPSA) is 68.2 Å². The number of rotatable bonds is 3. The molecule has 2 aromatic rings. The van der Waals surface area contributed by atoms with Gasteiger partial charge in [-0.2, -0.15) is 5.10 Å². The number of aryl methyl sites for hydroxylation is 2. The molecule has 1 aliphatic carbocycles. The van der Waals surface area contributed by atoms with E-state index in [-0.39, 0.29) is 5.97 Å². The number of fused-ring (bicyclic) bond motifs is 1. The van der Waals surface area contributed by atoms with Crippen molar-refractivity contribution in [1.82, 2.24) is 9.78 Å². The quantitative estimate of drug-likeness (QED) is 0.483. The minimum absolute atomic E-state index is 0.303. The Hall–Kier alpha value is -1.93. The molecule has 1 aliphatic rings. The molecule has 0 fully saturated rings. The predicted octanol–water partition coefficient (Wildman–Crippen LogP) is 3.65. The lowest BCUT2D eigenvalue weighted by molar-refractivity contribution is 0.0601. The maximum atomic E-state index is 12.3. The molecule has 0 bridgehead atoms. The molecular formula is C17H22N4O2S2. The van der Waals surface area contributed by atoms with Gasteiger partial charge in [-0.1, -0.05) is 6.42 Å². The standard InChI is InChI=1S/C17H22N4O2S2/c1-10-12(9-18-21(10)2)19-17(24)20-15-14(16(22)23-3)11-7-5-4-6-8-13(11)25-15/h9H,4-8H2,1-3H3,(H2,19,20,24). The lowest BCUT2D eigenvalue weighted by Crippen LogP contribution is -2.20. The van der Waals surface area contributed by atoms with Gasteiger partial charge in [0.1, 0.15) is 5.00 Å². The molecule has 25 heavy (non-hydrogen) atoms. The first kappa shape index (κ1) is 17.9. The number of esters is 1. The van der Waals surface area contributed by atoms with Crippen LogP contribution in [0.1, 0.15) is 45.8 Å². The van der Waals surface area contributed by atoms with Gasteiger partial charge in [0.05, 0.1) is 30.3 Å². The average Bonchev–Trinajstić information content (AvgIpc) is 2.97. The number of ether oxygens (including phenoxy) is 1. The molecule has 0 saturated heterocycles. The zero-order chi connectivity index (χ0) is 18.0. The van der Waals surface area contributed by atoms with Crippen molar-refractivity contribution in [3.8, 4) is 0 Å². The van der Waals surface area contributed by atoms with Gasteiger partial charge in [-0.25, -0.2) is 4.79 Å². The van der Waals surface area contributed by atoms with Crippen molar-refractivity contribution < 1.29 is 9.53 Å². The molecule has 0 saturated carbocycles. The van der Waals surface area contributed by atoms with Gasteiger partial charge in [-0.05, 0) is 50.4 Å². The zero-order valence-electron chi connectivity index (χ0n) is 14.6. The first-order chi connectivity index (χ1) is 12.0. The number of nitrogens with one attached hydrogen (secondary N) is 2. The Morgan fingerprint density at radius 2 is 2.08 bits per heavy atom. The molecule has 0 aliphatic heterocycles. The fourth-order valence-electron chi connectivity index (χ4n) is 3.03. The Morgan fingerprint density at radius 1 is 1.32 bits per heavy atom. The number of aromatic nitrogens is 2. The molecule has 3 rings (SSSR count). The summed E-state index contributed by atoms with van der Waals surface area (Å²) < 4.78 is 6.79. The molecule has 0 spiro atoms. The van der Waals surface area contributed by atoms with Gasteiger partial charge >= 0.3 is 5.97 Å². The minimum atomic E-state index is -0.303. The van der Waals surface area contributed by atoms with E-state index in [4.69, 9.17) is 17.0 Å². The monoisotopic (exact) mass is 378 g/mol. The Labute approximate surface area is 156 Å². The number of hydrogen-bond donors (Lipinski definition) is 2. The van der Waals surface area contributed by atoms with E-state index in [9.17, 15) is 4.79 Å². The smallest absolute Gasteiger partial charge is 0.341 e. The van der Waals surface area contributed by atoms with Crippen LogP contribution < -0.4 is 10.6 Å². The fraction of sp³-hybridized carbons (Fsp3) is 0.471. The van der Waals surface area contributed by atoms with Crippen molar-refractivity contribution >= 4 is 45.3 Å². The van der Waals surface area contributed by atoms with E-state index in [1.54, 1.807) is 22.2 Å². The second kappa shape index (κ2) is 7.53. The van der Waals surface area contributed by atoms with Crippen molar-refractivity contribution in [2.45, 2.75) is 39.0 Å². The van der Waals surface area contributed by atoms with E-state index in [2.05, 4.69) is 15.7 Å². The second-order valence-corrected chi connectivity index (χ2v) is 7.62. The third-order valence-electron chi connectivity index (χ3n) is 4.52. The average molecular weight is 379 g/mol. The van der Waals surface area contributed by atoms with E-state index in [1.807, 2.05) is 14.0 Å². The molecule has 134 valence electrons. The van der Waals surface area contributed by atoms with E-state index >= 15 is 0 Å². The summed E-state index contributed by atoms with van der Waals surface area (Å²) in [5.74, 6) is -0.303. The van der Waals surface area contributed by atoms with Gasteiger partial charge in [-0.15, -0.1) is 11.3 Å². The number of thiocarbonyl (C=S) groups is 1. The van der Waals surface area contributed by atoms with Crippen LogP contribution in [-0.2, 0) is 24.6 Å². The highest BCUT2D eigenvalue weighted by Crippen LogP contribution is 2.38. The predicted molar refractivity (Wildman–Crippen MR) is 105 cm³/mol. The first-order valence-corrected chi connectivity index (χ1v) is 9.53. The van der Waals surface area contributed by atoms with Crippen LogP contribution in [0.25, 0.3) is 0 Å². The maximum Gasteiger partial charge on any atom is 0.341 e. The van der Waals surface area contributed by atoms with Crippen molar-refractivity contribution in [3.63, 3.8) is 0 Å². The highest BCUT2D eigenvalue weighted by atomic mass is 32.1. The number of methoxy groups -OCH3 is 1. The van der Waals surface area contributed by atoms with Gasteiger partial charge in [0.25, 0.3) is 0 Å². The summed E-state index contributed by atoms with van der Waals surface area (Å²) in [5.41, 5.74) is 3.59. The highest BCUT2D eigenvalue weighted by molar-refractivity contribution is 7.80. The summed E-state index contributed by atoms with van der Waals surface area (Å²) >= 11 is 7.04. The van der Waals surface area contributed by atoms with E-state index in [0.717, 1.165) is 47.6 Å². The van der Waals surface area contributed by atoms with Gasteiger partial charge in [0.15, 0.2) is 5.11 Å². The van der Waals surface area contributed by atoms with Crippen molar-refractivity contribution in [1.29, 1.82) is 0 Å². The zero-order valence-corrected chi connectivity index (χ0v) is 16.3. The molecule has 0 amide bonds. The van der Waals surface area contributed by atoms with Gasteiger partial charge in [0, 0.05) is 11.9 Å². The largest absolute Gasteiger partial charge is 0.465 e. The summed E-state index contributed by atoms with van der Waals surface area (Å²) in [6, 6.07) is 0. The lowest BCUT2D eigenvalue weighted by Gasteiger charge is -2.11. The van der Waals surface area contributed by atoms with Crippen LogP contribution in [0.5, 0.6) is 0 Å². The number of nitrogens with zero attached hydrogens (tertiary/aromatic N) is 2. The molecule has 0 radical (unpaired) electrons. The first-order valence-electron chi connectivity index (χ1n) is 8.30. The number of hydrogen-bond acceptors (Lipinski definition) is 5. The van der Waals surface area contributed by atoms with Gasteiger partial charge in [-0.3, -0.25) is 4.68 Å². The Morgan fingerprint density at radius 3 is 2.76 bits per heavy atom. The summed E-state index contributed by atoms with van der Waals surface area (Å²) in [4.78, 5) is 13.6. The molecule has 2 heterocycles. The highest BCUT2D eigenvalue weighted by Gasteiger charge is 2.25. The second-order valence-electron chi connectivity index (χ2n) is 6.11. The Balaban J connectivity index is 1.85. The van der Waals surface area contributed by atoms with Crippen LogP contribution in [0.2, 0.25) is 0 Å². The van der Waals surface area contributed by atoms with Crippen molar-refractivity contribution in [3.05, 3.63) is 27.9 Å². The SMILES string of the molecule is COC(=O)c1c(NC(=S)Nc2cnn(C)c2C)sc2c1CCCCC2. The van der Waals surface area contributed by atoms with Gasteiger partial charge < -0.3 is 15.4 Å². The van der Waals surface area contributed by atoms with E-state index < -0.39 is 0 Å². The molecule has 2 aromatic heterocycles. The van der Waals surface area contributed by atoms with Crippen LogP contribution in [0.15, 0.2) is 6.20 Å². The molecule has 8 heteroatoms. The molecular weight excluding hydrogens is 356 g/mol. The Bertz CT molecular complexity index is 810. The molecule has 0 unspecified atom stereocenters. The van der Waals surface area contributed by atoms with E-state index in [1.165, 1.54) is 18.4 Å². The van der Waals surface area contributed by atoms with Crippen molar-refractivity contribution in [2.75, 3.05) is 17.7 Å². The molecule has 0 atom stereocenters. The summed E-state index contributed by atoms with van der Waals surface area (Å²) in [6.45, 7) is 1.96. The number of thiophene rings is 1. The third-order valence-corrected chi connectivity index (χ3v) is 5.93. The van der Waals surface area contributed by atoms with E-state index in [0.29, 0.717) is 10.7 Å². The minimum Gasteiger partial charge on any atom is -0.465 e. The fourth-order valence-corrected chi connectivity index (χ4v) is 4.59. The molecule has 2 N–H and O–H groups in total. The third kappa shape index (κ3) is 3.69. The normalized spacial score (nSPS) is 13.7. The number of anilines is 2. The molecule has 6 nitrogen and oxygen atoms in total. The number of carbonyl (C=O) groups is 1. The lowest BCUT2D eigenvalue weighted by atomic mass is 10.1. The Kier molecular flexibility index (Phi) is 5.39. The van der Waals surface area contributed by atoms with Crippen LogP contribution >= 0.6 is 23.6 Å². The maximum absolute atomic E-state index is 12.3. The van der Waals surface area contributed by atoms with Crippen LogP contribution in [-0.4, -0.2) is 28.0 Å². The van der Waals surface area contributed by atoms with Gasteiger partial charge in [0.2, 0.25) is 0 Å². The van der Waals surface area contributed by atoms with Crippen LogP contribution in [0.3, 0.4) is 0 Å². The van der Waals surface area contributed by atoms with Crippen LogP contribution in [0.4, 0.5) is 10.7 Å². The van der Waals surface area contributed by atoms with Crippen molar-refractivity contribution in [2.24, 2.45) is 7.05 Å². The van der Waals surface area contributed by atoms with Crippen LogP contribution in [0, 0.1) is 6.92 Å². The summed E-state index contributed by atoms with van der Waals surface area (Å²) in [5, 5.41) is 11.7. The summed E-state index contributed by atoms with van der Waals surface area (Å²) in [6.07, 6.45) is 7.11. The molecule has 0 aromatic carbocycles. The number of carbonyl (C=O) groups excluding carboxylic acids is 1. The summed E-state index contributed by atoms with van der Waals surface area (Å²) in [7, 11) is 3.30.